The molecule has 6 rings (SSSR count). The van der Waals surface area contributed by atoms with Crippen LogP contribution in [0.1, 0.15) is 29.6 Å². The van der Waals surface area contributed by atoms with Crippen molar-refractivity contribution in [3.05, 3.63) is 71.8 Å². The summed E-state index contributed by atoms with van der Waals surface area (Å²) in [5.74, 6) is -2.30. The molecule has 1 atom stereocenters. The second-order valence-corrected chi connectivity index (χ2v) is 13.4. The minimum Gasteiger partial charge on any atom is -0.381 e. The predicted molar refractivity (Wildman–Crippen MR) is 164 cm³/mol. The molecule has 44 heavy (non-hydrogen) atoms. The molecule has 2 fully saturated rings. The lowest BCUT2D eigenvalue weighted by Gasteiger charge is -2.29. The van der Waals surface area contributed by atoms with Crippen molar-refractivity contribution in [1.29, 1.82) is 0 Å². The largest absolute Gasteiger partial charge is 0.381 e. The molecule has 10 nitrogen and oxygen atoms in total. The number of amides is 1. The molecule has 1 unspecified atom stereocenters. The number of likely N-dealkylation sites (N-methyl/N-ethyl adjacent to an activating group) is 2. The highest BCUT2D eigenvalue weighted by Gasteiger charge is 2.26. The van der Waals surface area contributed by atoms with Gasteiger partial charge in [0.25, 0.3) is 5.91 Å². The molecule has 3 aromatic carbocycles. The Labute approximate surface area is 254 Å². The second-order valence-electron chi connectivity index (χ2n) is 11.4. The highest BCUT2D eigenvalue weighted by atomic mass is 32.2. The summed E-state index contributed by atoms with van der Waals surface area (Å²) in [6.07, 6.45) is 2.67. The number of anilines is 3. The van der Waals surface area contributed by atoms with Gasteiger partial charge in [0.15, 0.2) is 5.82 Å². The molecule has 1 aromatic heterocycles. The zero-order chi connectivity index (χ0) is 31.0. The molecule has 1 amide bonds. The van der Waals surface area contributed by atoms with Crippen LogP contribution in [0.4, 0.5) is 26.0 Å². The van der Waals surface area contributed by atoms with Gasteiger partial charge in [0, 0.05) is 61.7 Å². The molecular weight excluding hydrogens is 590 g/mol. The van der Waals surface area contributed by atoms with Gasteiger partial charge >= 0.3 is 0 Å². The molecule has 2 saturated heterocycles. The maximum Gasteiger partial charge on any atom is 0.258 e. The Morgan fingerprint density at radius 3 is 2.48 bits per heavy atom. The van der Waals surface area contributed by atoms with E-state index in [1.54, 1.807) is 6.07 Å². The Morgan fingerprint density at radius 2 is 1.77 bits per heavy atom. The number of aromatic nitrogens is 2. The average molecular weight is 625 g/mol. The van der Waals surface area contributed by atoms with Crippen molar-refractivity contribution in [2.24, 2.45) is 0 Å². The van der Waals surface area contributed by atoms with Crippen LogP contribution in [0, 0.1) is 11.6 Å². The number of hydrogen-bond donors (Lipinski definition) is 3. The lowest BCUT2D eigenvalue weighted by molar-refractivity contribution is 0.0904. The Balaban J connectivity index is 1.30. The van der Waals surface area contributed by atoms with Crippen LogP contribution in [-0.4, -0.2) is 81.9 Å². The number of halogens is 2. The van der Waals surface area contributed by atoms with Gasteiger partial charge in [-0.3, -0.25) is 9.89 Å². The zero-order valence-electron chi connectivity index (χ0n) is 24.4. The molecule has 0 aliphatic carbocycles. The molecule has 3 N–H and O–H groups in total. The first-order valence-electron chi connectivity index (χ1n) is 14.5. The van der Waals surface area contributed by atoms with Gasteiger partial charge in [0.05, 0.1) is 20.9 Å². The van der Waals surface area contributed by atoms with Crippen LogP contribution in [0.5, 0.6) is 0 Å². The Hall–Kier alpha value is -4.07. The van der Waals surface area contributed by atoms with Crippen molar-refractivity contribution < 1.29 is 26.7 Å². The van der Waals surface area contributed by atoms with Crippen molar-refractivity contribution in [2.45, 2.75) is 41.1 Å². The third-order valence-corrected chi connectivity index (χ3v) is 10.1. The number of H-pyrrole nitrogens is 1. The first-order valence-corrected chi connectivity index (χ1v) is 16.0. The average Bonchev–Trinajstić information content (AvgIpc) is 3.62. The minimum atomic E-state index is -4.26. The molecule has 3 heterocycles. The second kappa shape index (κ2) is 12.1. The molecule has 4 aromatic rings. The zero-order valence-corrected chi connectivity index (χ0v) is 25.3. The summed E-state index contributed by atoms with van der Waals surface area (Å²) < 4.78 is 59.6. The number of benzene rings is 3. The topological polar surface area (TPSA) is 120 Å². The fraction of sp³-hybridized carbons (Fsp3) is 0.355. The number of carbonyl (C=O) groups excluding carboxylic acids is 1. The van der Waals surface area contributed by atoms with E-state index >= 15 is 0 Å². The number of carbonyl (C=O) groups is 1. The first-order chi connectivity index (χ1) is 21.1. The maximum atomic E-state index is 13.8. The van der Waals surface area contributed by atoms with Crippen molar-refractivity contribution in [3.63, 3.8) is 0 Å². The van der Waals surface area contributed by atoms with E-state index in [4.69, 9.17) is 4.74 Å². The van der Waals surface area contributed by atoms with E-state index in [1.807, 2.05) is 12.1 Å². The van der Waals surface area contributed by atoms with E-state index in [9.17, 15) is 22.0 Å². The molecule has 0 spiro atoms. The monoisotopic (exact) mass is 624 g/mol. The molecule has 2 aliphatic heterocycles. The molecule has 13 heteroatoms. The van der Waals surface area contributed by atoms with Crippen LogP contribution in [0.3, 0.4) is 0 Å². The van der Waals surface area contributed by atoms with Gasteiger partial charge in [0.2, 0.25) is 9.84 Å². The predicted octanol–water partition coefficient (Wildman–Crippen LogP) is 4.66. The number of likely N-dealkylation sites (tertiary alicyclic amines) is 1. The SMILES string of the molecule is CN1CCC(N(C)c2ccc(C(=O)Nc3n[nH]c4ccc(S(=O)(=O)c5cc(F)cc(F)c5)cc34)c(NC3CCOCC3)c2)C1. The van der Waals surface area contributed by atoms with Gasteiger partial charge in [-0.1, -0.05) is 0 Å². The number of nitrogens with one attached hydrogen (secondary N) is 3. The first kappa shape index (κ1) is 30.0. The van der Waals surface area contributed by atoms with Crippen molar-refractivity contribution >= 4 is 43.8 Å². The van der Waals surface area contributed by atoms with Gasteiger partial charge in [-0.2, -0.15) is 5.10 Å². The normalized spacial score (nSPS) is 18.0. The van der Waals surface area contributed by atoms with Crippen molar-refractivity contribution in [3.8, 4) is 0 Å². The van der Waals surface area contributed by atoms with Crippen LogP contribution in [-0.2, 0) is 14.6 Å². The molecule has 0 bridgehead atoms. The summed E-state index contributed by atoms with van der Waals surface area (Å²) in [7, 11) is -0.0844. The summed E-state index contributed by atoms with van der Waals surface area (Å²) >= 11 is 0. The number of nitrogens with zero attached hydrogens (tertiary/aromatic N) is 3. The van der Waals surface area contributed by atoms with Gasteiger partial charge in [-0.05, 0) is 81.4 Å². The van der Waals surface area contributed by atoms with E-state index in [0.29, 0.717) is 47.5 Å². The molecule has 0 radical (unpaired) electrons. The van der Waals surface area contributed by atoms with Gasteiger partial charge in [-0.15, -0.1) is 0 Å². The van der Waals surface area contributed by atoms with Crippen molar-refractivity contribution in [2.75, 3.05) is 55.9 Å². The molecule has 2 aliphatic rings. The number of hydrogen-bond acceptors (Lipinski definition) is 8. The summed E-state index contributed by atoms with van der Waals surface area (Å²) in [5, 5.41) is 13.7. The number of aromatic amines is 1. The van der Waals surface area contributed by atoms with Crippen molar-refractivity contribution in [1.82, 2.24) is 15.1 Å². The summed E-state index contributed by atoms with van der Waals surface area (Å²) in [4.78, 5) is 17.6. The van der Waals surface area contributed by atoms with Gasteiger partial charge < -0.3 is 25.2 Å². The summed E-state index contributed by atoms with van der Waals surface area (Å²) in [5.41, 5.74) is 2.56. The van der Waals surface area contributed by atoms with Gasteiger partial charge in [0.1, 0.15) is 11.6 Å². The van der Waals surface area contributed by atoms with Crippen LogP contribution in [0.2, 0.25) is 0 Å². The van der Waals surface area contributed by atoms with Crippen LogP contribution >= 0.6 is 0 Å². The quantitative estimate of drug-likeness (QED) is 0.259. The third-order valence-electron chi connectivity index (χ3n) is 8.37. The fourth-order valence-electron chi connectivity index (χ4n) is 5.82. The van der Waals surface area contributed by atoms with E-state index in [0.717, 1.165) is 50.2 Å². The van der Waals surface area contributed by atoms with Crippen LogP contribution in [0.25, 0.3) is 10.9 Å². The smallest absolute Gasteiger partial charge is 0.258 e. The lowest BCUT2D eigenvalue weighted by Crippen LogP contribution is -2.34. The Morgan fingerprint density at radius 1 is 1.02 bits per heavy atom. The molecule has 232 valence electrons. The minimum absolute atomic E-state index is 0.125. The fourth-order valence-corrected chi connectivity index (χ4v) is 7.15. The van der Waals surface area contributed by atoms with E-state index in [1.165, 1.54) is 18.2 Å². The Bertz CT molecular complexity index is 1790. The van der Waals surface area contributed by atoms with E-state index in [2.05, 4.69) is 44.7 Å². The van der Waals surface area contributed by atoms with E-state index < -0.39 is 32.3 Å². The third kappa shape index (κ3) is 6.12. The standard InChI is InChI=1S/C31H34F2N6O4S/c1-38-10-7-23(18-38)39(2)22-3-5-26(29(16-22)34-21-8-11-43-12-9-21)31(40)35-30-27-17-24(4-6-28(27)36-37-30)44(41,42)25-14-19(32)13-20(33)15-25/h3-6,13-17,21,23,34H,7-12,18H2,1-2H3,(H2,35,36,37,40). The molecular formula is C31H34F2N6O4S. The number of ether oxygens (including phenoxy) is 1. The van der Waals surface area contributed by atoms with Crippen LogP contribution in [0.15, 0.2) is 64.4 Å². The maximum absolute atomic E-state index is 13.8. The van der Waals surface area contributed by atoms with Crippen LogP contribution < -0.4 is 15.5 Å². The van der Waals surface area contributed by atoms with E-state index in [-0.39, 0.29) is 16.8 Å². The highest BCUT2D eigenvalue weighted by Crippen LogP contribution is 2.31. The lowest BCUT2D eigenvalue weighted by atomic mass is 10.1. The highest BCUT2D eigenvalue weighted by molar-refractivity contribution is 7.91. The molecule has 0 saturated carbocycles. The Kier molecular flexibility index (Phi) is 8.27. The summed E-state index contributed by atoms with van der Waals surface area (Å²) in [6, 6.07) is 12.5. The number of rotatable bonds is 8. The number of fused-ring (bicyclic) bond motifs is 1. The van der Waals surface area contributed by atoms with Gasteiger partial charge in [-0.25, -0.2) is 17.2 Å². The number of sulfone groups is 1. The summed E-state index contributed by atoms with van der Waals surface area (Å²) in [6.45, 7) is 3.27.